The number of hydrogen-bond acceptors (Lipinski definition) is 3. The maximum Gasteiger partial charge on any atom is 0.0398 e. The Kier molecular flexibility index (Phi) is 6.34. The van der Waals surface area contributed by atoms with Crippen LogP contribution >= 0.6 is 23.5 Å². The molecular formula is C17H21NS2. The van der Waals surface area contributed by atoms with E-state index in [9.17, 15) is 0 Å². The lowest BCUT2D eigenvalue weighted by molar-refractivity contribution is 1.13. The van der Waals surface area contributed by atoms with Gasteiger partial charge in [-0.1, -0.05) is 42.5 Å². The lowest BCUT2D eigenvalue weighted by Gasteiger charge is -2.12. The molecule has 0 aliphatic carbocycles. The van der Waals surface area contributed by atoms with Crippen molar-refractivity contribution in [2.75, 3.05) is 24.1 Å². The minimum absolute atomic E-state index is 1.09. The zero-order valence-corrected chi connectivity index (χ0v) is 13.7. The van der Waals surface area contributed by atoms with Crippen LogP contribution in [0, 0.1) is 0 Å². The molecule has 2 aromatic rings. The van der Waals surface area contributed by atoms with Crippen molar-refractivity contribution in [3.63, 3.8) is 0 Å². The van der Waals surface area contributed by atoms with Gasteiger partial charge in [0.2, 0.25) is 0 Å². The Balaban J connectivity index is 1.66. The summed E-state index contributed by atoms with van der Waals surface area (Å²) in [5, 5.41) is 1.14. The summed E-state index contributed by atoms with van der Waals surface area (Å²) < 4.78 is 0. The van der Waals surface area contributed by atoms with Crippen LogP contribution in [-0.2, 0) is 11.5 Å². The van der Waals surface area contributed by atoms with Gasteiger partial charge in [0.25, 0.3) is 0 Å². The predicted molar refractivity (Wildman–Crippen MR) is 94.7 cm³/mol. The Morgan fingerprint density at radius 2 is 1.30 bits per heavy atom. The molecule has 0 aromatic heterocycles. The van der Waals surface area contributed by atoms with Crippen molar-refractivity contribution >= 4 is 29.2 Å². The van der Waals surface area contributed by atoms with Gasteiger partial charge in [-0.05, 0) is 23.3 Å². The van der Waals surface area contributed by atoms with Crippen LogP contribution in [0.1, 0.15) is 11.1 Å². The van der Waals surface area contributed by atoms with E-state index in [1.165, 1.54) is 16.8 Å². The first-order valence-corrected chi connectivity index (χ1v) is 9.02. The fourth-order valence-corrected chi connectivity index (χ4v) is 3.84. The van der Waals surface area contributed by atoms with Crippen LogP contribution in [0.4, 0.5) is 5.69 Å². The van der Waals surface area contributed by atoms with Crippen LogP contribution < -0.4 is 4.90 Å². The molecule has 0 amide bonds. The molecule has 2 rings (SSSR count). The van der Waals surface area contributed by atoms with E-state index in [-0.39, 0.29) is 0 Å². The van der Waals surface area contributed by atoms with Crippen LogP contribution in [0.25, 0.3) is 0 Å². The second-order valence-corrected chi connectivity index (χ2v) is 7.20. The number of nitrogens with zero attached hydrogens (tertiary/aromatic N) is 1. The standard InChI is InChI=1S/C17H21NS2/c1-18(2)17-10-8-16(9-11-17)13-20-14-19-12-15-6-4-3-5-7-15/h3-11H,12-14H2,1-2H3. The molecule has 20 heavy (non-hydrogen) atoms. The van der Waals surface area contributed by atoms with Crippen molar-refractivity contribution in [1.29, 1.82) is 0 Å². The summed E-state index contributed by atoms with van der Waals surface area (Å²) in [5.74, 6) is 2.20. The Labute approximate surface area is 130 Å². The van der Waals surface area contributed by atoms with Crippen LogP contribution in [0.5, 0.6) is 0 Å². The van der Waals surface area contributed by atoms with Crippen molar-refractivity contribution in [2.24, 2.45) is 0 Å². The van der Waals surface area contributed by atoms with Crippen molar-refractivity contribution in [3.8, 4) is 0 Å². The Hall–Kier alpha value is -1.06. The van der Waals surface area contributed by atoms with Crippen LogP contribution in [0.15, 0.2) is 54.6 Å². The van der Waals surface area contributed by atoms with E-state index >= 15 is 0 Å². The molecule has 2 aromatic carbocycles. The Morgan fingerprint density at radius 1 is 0.750 bits per heavy atom. The maximum atomic E-state index is 2.23. The van der Waals surface area contributed by atoms with Gasteiger partial charge in [-0.15, -0.1) is 23.5 Å². The van der Waals surface area contributed by atoms with Crippen molar-refractivity contribution < 1.29 is 0 Å². The molecule has 0 radical (unpaired) electrons. The monoisotopic (exact) mass is 303 g/mol. The first-order chi connectivity index (χ1) is 9.75. The number of benzene rings is 2. The van der Waals surface area contributed by atoms with E-state index in [0.29, 0.717) is 0 Å². The van der Waals surface area contributed by atoms with E-state index < -0.39 is 0 Å². The van der Waals surface area contributed by atoms with E-state index in [4.69, 9.17) is 0 Å². The van der Waals surface area contributed by atoms with Gasteiger partial charge in [-0.2, -0.15) is 0 Å². The molecule has 0 heterocycles. The normalized spacial score (nSPS) is 10.5. The van der Waals surface area contributed by atoms with Gasteiger partial charge in [-0.3, -0.25) is 0 Å². The zero-order valence-electron chi connectivity index (χ0n) is 12.1. The highest BCUT2D eigenvalue weighted by Crippen LogP contribution is 2.22. The van der Waals surface area contributed by atoms with Gasteiger partial charge in [0.1, 0.15) is 0 Å². The first-order valence-electron chi connectivity index (χ1n) is 6.71. The number of hydrogen-bond donors (Lipinski definition) is 0. The van der Waals surface area contributed by atoms with E-state index in [0.717, 1.165) is 16.6 Å². The van der Waals surface area contributed by atoms with Gasteiger partial charge >= 0.3 is 0 Å². The molecule has 0 aliphatic rings. The van der Waals surface area contributed by atoms with Crippen LogP contribution in [0.2, 0.25) is 0 Å². The summed E-state index contributed by atoms with van der Waals surface area (Å²) >= 11 is 3.98. The lowest BCUT2D eigenvalue weighted by Crippen LogP contribution is -2.08. The molecule has 0 atom stereocenters. The second-order valence-electron chi connectivity index (χ2n) is 4.86. The summed E-state index contributed by atoms with van der Waals surface area (Å²) in [7, 11) is 4.15. The largest absolute Gasteiger partial charge is 0.378 e. The number of anilines is 1. The second kappa shape index (κ2) is 8.28. The predicted octanol–water partition coefficient (Wildman–Crippen LogP) is 4.88. The van der Waals surface area contributed by atoms with Crippen molar-refractivity contribution in [2.45, 2.75) is 11.5 Å². The first kappa shape index (κ1) is 15.3. The van der Waals surface area contributed by atoms with Gasteiger partial charge in [0, 0.05) is 36.4 Å². The molecule has 0 unspecified atom stereocenters. The minimum Gasteiger partial charge on any atom is -0.378 e. The highest BCUT2D eigenvalue weighted by Gasteiger charge is 1.97. The fraction of sp³-hybridized carbons (Fsp3) is 0.294. The Bertz CT molecular complexity index is 494. The van der Waals surface area contributed by atoms with Gasteiger partial charge in [0.05, 0.1) is 0 Å². The quantitative estimate of drug-likeness (QED) is 0.530. The SMILES string of the molecule is CN(C)c1ccc(CSCSCc2ccccc2)cc1. The van der Waals surface area contributed by atoms with Crippen molar-refractivity contribution in [3.05, 3.63) is 65.7 Å². The van der Waals surface area contributed by atoms with Gasteiger partial charge in [0.15, 0.2) is 0 Å². The number of thioether (sulfide) groups is 2. The topological polar surface area (TPSA) is 3.24 Å². The zero-order chi connectivity index (χ0) is 14.2. The van der Waals surface area contributed by atoms with E-state index in [2.05, 4.69) is 73.6 Å². The summed E-state index contributed by atoms with van der Waals surface area (Å²) in [6.07, 6.45) is 0. The highest BCUT2D eigenvalue weighted by atomic mass is 32.2. The average molecular weight is 303 g/mol. The van der Waals surface area contributed by atoms with Crippen LogP contribution in [-0.4, -0.2) is 19.2 Å². The summed E-state index contributed by atoms with van der Waals surface area (Å²) in [5.41, 5.74) is 4.08. The molecule has 0 N–H and O–H groups in total. The third-order valence-corrected chi connectivity index (χ3v) is 5.41. The molecule has 0 saturated heterocycles. The molecule has 3 heteroatoms. The molecule has 106 valence electrons. The third-order valence-electron chi connectivity index (χ3n) is 3.00. The third kappa shape index (κ3) is 5.14. The van der Waals surface area contributed by atoms with Crippen LogP contribution in [0.3, 0.4) is 0 Å². The van der Waals surface area contributed by atoms with Crippen molar-refractivity contribution in [1.82, 2.24) is 0 Å². The minimum atomic E-state index is 1.09. The summed E-state index contributed by atoms with van der Waals surface area (Å²) in [4.78, 5) is 2.13. The molecule has 1 nitrogen and oxygen atoms in total. The van der Waals surface area contributed by atoms with Gasteiger partial charge in [-0.25, -0.2) is 0 Å². The molecule has 0 fully saturated rings. The molecule has 0 spiro atoms. The maximum absolute atomic E-state index is 2.23. The fourth-order valence-electron chi connectivity index (χ4n) is 1.84. The molecule has 0 bridgehead atoms. The smallest absolute Gasteiger partial charge is 0.0398 e. The van der Waals surface area contributed by atoms with E-state index in [1.807, 2.05) is 23.5 Å². The molecule has 0 aliphatic heterocycles. The average Bonchev–Trinajstić information content (AvgIpc) is 2.48. The van der Waals surface area contributed by atoms with Gasteiger partial charge < -0.3 is 4.90 Å². The molecular weight excluding hydrogens is 282 g/mol. The highest BCUT2D eigenvalue weighted by molar-refractivity contribution is 8.15. The number of rotatable bonds is 7. The Morgan fingerprint density at radius 3 is 1.85 bits per heavy atom. The summed E-state index contributed by atoms with van der Waals surface area (Å²) in [6.45, 7) is 0. The van der Waals surface area contributed by atoms with E-state index in [1.54, 1.807) is 0 Å². The molecule has 0 saturated carbocycles. The summed E-state index contributed by atoms with van der Waals surface area (Å²) in [6, 6.07) is 19.5. The lowest BCUT2D eigenvalue weighted by atomic mass is 10.2.